The lowest BCUT2D eigenvalue weighted by Crippen LogP contribution is -2.14. The predicted molar refractivity (Wildman–Crippen MR) is 114 cm³/mol. The number of benzene rings is 3. The minimum Gasteiger partial charge on any atom is -0.496 e. The third-order valence-electron chi connectivity index (χ3n) is 5.08. The quantitative estimate of drug-likeness (QED) is 0.435. The zero-order valence-corrected chi connectivity index (χ0v) is 18.0. The van der Waals surface area contributed by atoms with E-state index in [0.29, 0.717) is 11.3 Å². The Balaban J connectivity index is 1.90. The number of carbonyl (C=O) groups excluding carboxylic acids is 1. The Morgan fingerprint density at radius 1 is 0.938 bits per heavy atom. The Morgan fingerprint density at radius 3 is 2.41 bits per heavy atom. The summed E-state index contributed by atoms with van der Waals surface area (Å²) in [6.45, 7) is 1.37. The van der Waals surface area contributed by atoms with Crippen molar-refractivity contribution < 1.29 is 32.2 Å². The second-order valence-corrected chi connectivity index (χ2v) is 7.20. The van der Waals surface area contributed by atoms with Crippen LogP contribution in [0.5, 0.6) is 11.5 Å². The van der Waals surface area contributed by atoms with Gasteiger partial charge in [0.15, 0.2) is 18.2 Å². The maximum Gasteiger partial charge on any atom is 0.343 e. The summed E-state index contributed by atoms with van der Waals surface area (Å²) in [5.74, 6) is -2.25. The van der Waals surface area contributed by atoms with E-state index in [1.165, 1.54) is 26.4 Å². The summed E-state index contributed by atoms with van der Waals surface area (Å²) in [6.07, 6.45) is 0.289. The highest BCUT2D eigenvalue weighted by Gasteiger charge is 2.18. The van der Waals surface area contributed by atoms with Crippen LogP contribution in [0, 0.1) is 24.4 Å². The van der Waals surface area contributed by atoms with Crippen LogP contribution < -0.4 is 9.47 Å². The van der Waals surface area contributed by atoms with Gasteiger partial charge in [0.1, 0.15) is 17.4 Å². The standard InChI is InChI=1S/C25H23F3O4/c1-15-11-18(16-5-4-6-19(26)13-16)12-17(25(15)31-3)7-8-20-21(27)9-10-22(24(20)28)32-14-23(29)30-2/h4-6,9-13H,7-8,14H2,1-3H3. The lowest BCUT2D eigenvalue weighted by Gasteiger charge is -2.15. The Bertz CT molecular complexity index is 1130. The largest absolute Gasteiger partial charge is 0.496 e. The number of halogens is 3. The summed E-state index contributed by atoms with van der Waals surface area (Å²) in [5.41, 5.74) is 2.84. The minimum absolute atomic E-state index is 0.0233. The maximum absolute atomic E-state index is 14.9. The fraction of sp³-hybridized carbons (Fsp3) is 0.240. The number of hydrogen-bond acceptors (Lipinski definition) is 4. The van der Waals surface area contributed by atoms with Gasteiger partial charge in [-0.2, -0.15) is 0 Å². The summed E-state index contributed by atoms with van der Waals surface area (Å²) >= 11 is 0. The number of methoxy groups -OCH3 is 2. The van der Waals surface area contributed by atoms with E-state index in [0.717, 1.165) is 28.8 Å². The Kier molecular flexibility index (Phi) is 7.41. The van der Waals surface area contributed by atoms with E-state index in [-0.39, 0.29) is 30.0 Å². The van der Waals surface area contributed by atoms with Gasteiger partial charge in [-0.3, -0.25) is 0 Å². The van der Waals surface area contributed by atoms with Gasteiger partial charge < -0.3 is 14.2 Å². The van der Waals surface area contributed by atoms with Crippen molar-refractivity contribution in [2.45, 2.75) is 19.8 Å². The van der Waals surface area contributed by atoms with Crippen molar-refractivity contribution in [1.29, 1.82) is 0 Å². The van der Waals surface area contributed by atoms with E-state index >= 15 is 0 Å². The second-order valence-electron chi connectivity index (χ2n) is 7.20. The van der Waals surface area contributed by atoms with Gasteiger partial charge in [-0.15, -0.1) is 0 Å². The molecular formula is C25H23F3O4. The van der Waals surface area contributed by atoms with Crippen molar-refractivity contribution in [1.82, 2.24) is 0 Å². The van der Waals surface area contributed by atoms with Crippen LogP contribution >= 0.6 is 0 Å². The van der Waals surface area contributed by atoms with Gasteiger partial charge in [-0.1, -0.05) is 12.1 Å². The van der Waals surface area contributed by atoms with E-state index in [1.807, 2.05) is 19.1 Å². The number of esters is 1. The van der Waals surface area contributed by atoms with Crippen molar-refractivity contribution in [3.8, 4) is 22.6 Å². The van der Waals surface area contributed by atoms with Gasteiger partial charge in [0.25, 0.3) is 0 Å². The molecule has 0 fully saturated rings. The van der Waals surface area contributed by atoms with Crippen LogP contribution in [0.4, 0.5) is 13.2 Å². The average Bonchev–Trinajstić information content (AvgIpc) is 2.78. The van der Waals surface area contributed by atoms with Crippen molar-refractivity contribution in [2.75, 3.05) is 20.8 Å². The average molecular weight is 444 g/mol. The molecule has 168 valence electrons. The summed E-state index contributed by atoms with van der Waals surface area (Å²) < 4.78 is 58.0. The van der Waals surface area contributed by atoms with Crippen LogP contribution in [0.25, 0.3) is 11.1 Å². The predicted octanol–water partition coefficient (Wildman–Crippen LogP) is 5.42. The smallest absolute Gasteiger partial charge is 0.343 e. The third-order valence-corrected chi connectivity index (χ3v) is 5.08. The lowest BCUT2D eigenvalue weighted by atomic mass is 9.95. The Morgan fingerprint density at radius 2 is 1.72 bits per heavy atom. The molecule has 0 atom stereocenters. The van der Waals surface area contributed by atoms with Crippen LogP contribution in [-0.2, 0) is 22.4 Å². The van der Waals surface area contributed by atoms with Gasteiger partial charge in [0, 0.05) is 5.56 Å². The monoisotopic (exact) mass is 444 g/mol. The molecule has 3 aromatic rings. The second kappa shape index (κ2) is 10.2. The summed E-state index contributed by atoms with van der Waals surface area (Å²) in [6, 6.07) is 12.1. The number of ether oxygens (including phenoxy) is 3. The number of rotatable bonds is 8. The van der Waals surface area contributed by atoms with E-state index in [2.05, 4.69) is 4.74 Å². The first-order valence-electron chi connectivity index (χ1n) is 9.94. The number of hydrogen-bond donors (Lipinski definition) is 0. The molecule has 3 rings (SSSR count). The first-order chi connectivity index (χ1) is 15.3. The highest BCUT2D eigenvalue weighted by molar-refractivity contribution is 5.71. The molecule has 0 aliphatic rings. The minimum atomic E-state index is -0.870. The van der Waals surface area contributed by atoms with E-state index < -0.39 is 24.2 Å². The van der Waals surface area contributed by atoms with Gasteiger partial charge in [0.2, 0.25) is 0 Å². The summed E-state index contributed by atoms with van der Waals surface area (Å²) in [7, 11) is 2.71. The molecule has 0 aliphatic heterocycles. The van der Waals surface area contributed by atoms with E-state index in [4.69, 9.17) is 9.47 Å². The lowest BCUT2D eigenvalue weighted by molar-refractivity contribution is -0.142. The molecule has 4 nitrogen and oxygen atoms in total. The topological polar surface area (TPSA) is 44.8 Å². The first-order valence-corrected chi connectivity index (χ1v) is 9.94. The Hall–Kier alpha value is -3.48. The SMILES string of the molecule is COC(=O)COc1ccc(F)c(CCc2cc(-c3cccc(F)c3)cc(C)c2OC)c1F. The fourth-order valence-corrected chi connectivity index (χ4v) is 3.53. The molecule has 0 N–H and O–H groups in total. The maximum atomic E-state index is 14.9. The molecule has 0 heterocycles. The number of carbonyl (C=O) groups is 1. The van der Waals surface area contributed by atoms with Crippen molar-refractivity contribution in [3.05, 3.63) is 82.7 Å². The third kappa shape index (κ3) is 5.22. The van der Waals surface area contributed by atoms with Gasteiger partial charge >= 0.3 is 5.97 Å². The van der Waals surface area contributed by atoms with E-state index in [1.54, 1.807) is 12.1 Å². The van der Waals surface area contributed by atoms with Crippen LogP contribution in [0.2, 0.25) is 0 Å². The molecule has 0 bridgehead atoms. The van der Waals surface area contributed by atoms with Gasteiger partial charge in [-0.25, -0.2) is 18.0 Å². The molecule has 32 heavy (non-hydrogen) atoms. The molecule has 0 aliphatic carbocycles. The van der Waals surface area contributed by atoms with Gasteiger partial charge in [0.05, 0.1) is 14.2 Å². The normalized spacial score (nSPS) is 10.7. The van der Waals surface area contributed by atoms with Crippen molar-refractivity contribution in [2.24, 2.45) is 0 Å². The highest BCUT2D eigenvalue weighted by Crippen LogP contribution is 2.33. The van der Waals surface area contributed by atoms with E-state index in [9.17, 15) is 18.0 Å². The van der Waals surface area contributed by atoms with Crippen LogP contribution in [-0.4, -0.2) is 26.8 Å². The molecule has 0 spiro atoms. The van der Waals surface area contributed by atoms with Gasteiger partial charge in [-0.05, 0) is 78.4 Å². The molecule has 0 saturated carbocycles. The van der Waals surface area contributed by atoms with Crippen molar-refractivity contribution in [3.63, 3.8) is 0 Å². The molecular weight excluding hydrogens is 421 g/mol. The molecule has 0 amide bonds. The zero-order valence-electron chi connectivity index (χ0n) is 18.0. The molecule has 0 aromatic heterocycles. The highest BCUT2D eigenvalue weighted by atomic mass is 19.1. The molecule has 0 unspecified atom stereocenters. The van der Waals surface area contributed by atoms with Crippen molar-refractivity contribution >= 4 is 5.97 Å². The molecule has 3 aromatic carbocycles. The van der Waals surface area contributed by atoms with Crippen LogP contribution in [0.1, 0.15) is 16.7 Å². The first kappa shape index (κ1) is 23.2. The Labute approximate surface area is 184 Å². The molecule has 7 heteroatoms. The number of aryl methyl sites for hydroxylation is 2. The molecule has 0 saturated heterocycles. The fourth-order valence-electron chi connectivity index (χ4n) is 3.53. The molecule has 0 radical (unpaired) electrons. The summed E-state index contributed by atoms with van der Waals surface area (Å²) in [5, 5.41) is 0. The zero-order chi connectivity index (χ0) is 23.3. The summed E-state index contributed by atoms with van der Waals surface area (Å²) in [4.78, 5) is 11.3. The van der Waals surface area contributed by atoms with Crippen LogP contribution in [0.15, 0.2) is 48.5 Å². The van der Waals surface area contributed by atoms with Crippen LogP contribution in [0.3, 0.4) is 0 Å².